The number of terminal acetylenes is 1. The zero-order valence-corrected chi connectivity index (χ0v) is 40.3. The van der Waals surface area contributed by atoms with E-state index >= 15 is 0 Å². The molecule has 3 aromatic rings. The van der Waals surface area contributed by atoms with Crippen molar-refractivity contribution in [2.75, 3.05) is 127 Å². The predicted molar refractivity (Wildman–Crippen MR) is 246 cm³/mol. The number of unbranched alkanes of at least 4 members (excludes halogenated alkanes) is 4. The van der Waals surface area contributed by atoms with Crippen molar-refractivity contribution in [1.29, 1.82) is 0 Å². The molecule has 2 unspecified atom stereocenters. The van der Waals surface area contributed by atoms with Gasteiger partial charge in [0.1, 0.15) is 18.7 Å². The molecule has 2 amide bonds. The lowest BCUT2D eigenvalue weighted by Gasteiger charge is -2.38. The summed E-state index contributed by atoms with van der Waals surface area (Å²) in [5.41, 5.74) is 9.83. The van der Waals surface area contributed by atoms with Gasteiger partial charge >= 0.3 is 0 Å². The van der Waals surface area contributed by atoms with E-state index in [1.54, 1.807) is 9.36 Å². The molecule has 66 heavy (non-hydrogen) atoms. The van der Waals surface area contributed by atoms with Crippen LogP contribution in [0.25, 0.3) is 0 Å². The summed E-state index contributed by atoms with van der Waals surface area (Å²) in [6, 6.07) is -0.822. The Balaban J connectivity index is 0.00000952. The molecule has 0 radical (unpaired) electrons. The second kappa shape index (κ2) is 30.5. The number of nitrogens with one attached hydrogen (secondary N) is 1. The van der Waals surface area contributed by atoms with E-state index in [0.717, 1.165) is 88.7 Å². The highest BCUT2D eigenvalue weighted by Gasteiger charge is 2.33. The van der Waals surface area contributed by atoms with Gasteiger partial charge in [0.25, 0.3) is 0 Å². The van der Waals surface area contributed by atoms with Crippen molar-refractivity contribution in [2.45, 2.75) is 103 Å². The molecule has 5 heterocycles. The highest BCUT2D eigenvalue weighted by atomic mass is 35.5. The second-order valence-electron chi connectivity index (χ2n) is 16.6. The maximum absolute atomic E-state index is 14.1. The number of carbonyl (C=O) groups excluding carboxylic acids is 2. The third-order valence-electron chi connectivity index (χ3n) is 11.7. The smallest absolute Gasteiger partial charge is 0.247 e. The largest absolute Gasteiger partial charge is 1.00 e. The van der Waals surface area contributed by atoms with E-state index in [-0.39, 0.29) is 30.8 Å². The topological polar surface area (TPSA) is 242 Å². The van der Waals surface area contributed by atoms with Crippen LogP contribution in [0.3, 0.4) is 0 Å². The van der Waals surface area contributed by atoms with Crippen molar-refractivity contribution in [2.24, 2.45) is 0 Å². The Hall–Kier alpha value is -4.72. The van der Waals surface area contributed by atoms with Crippen LogP contribution < -0.4 is 39.0 Å². The van der Waals surface area contributed by atoms with Crippen LogP contribution in [0.5, 0.6) is 0 Å². The number of amides is 2. The number of carbonyl (C=O) groups is 2. The Morgan fingerprint density at radius 2 is 1.12 bits per heavy atom. The molecule has 368 valence electrons. The number of nitrogens with zero attached hydrogens (tertiary/aromatic N) is 13. The summed E-state index contributed by atoms with van der Waals surface area (Å²) in [7, 11) is 0. The zero-order chi connectivity index (χ0) is 46.1. The van der Waals surface area contributed by atoms with Gasteiger partial charge in [0.05, 0.1) is 57.5 Å². The van der Waals surface area contributed by atoms with Gasteiger partial charge in [0, 0.05) is 71.3 Å². The van der Waals surface area contributed by atoms with E-state index in [0.29, 0.717) is 123 Å². The lowest BCUT2D eigenvalue weighted by molar-refractivity contribution is -0.369. The van der Waals surface area contributed by atoms with Crippen LogP contribution in [-0.4, -0.2) is 178 Å². The molecule has 2 aliphatic heterocycles. The second-order valence-corrected chi connectivity index (χ2v) is 16.6. The Morgan fingerprint density at radius 3 is 1.56 bits per heavy atom. The first-order valence-electron chi connectivity index (χ1n) is 24.0. The zero-order valence-electron chi connectivity index (χ0n) is 39.5. The molecule has 0 spiro atoms. The number of aromatic nitrogens is 9. The summed E-state index contributed by atoms with van der Waals surface area (Å²) < 4.78 is 20.1. The quantitative estimate of drug-likeness (QED) is 0.0444. The van der Waals surface area contributed by atoms with Gasteiger partial charge in [-0.1, -0.05) is 43.0 Å². The van der Waals surface area contributed by atoms with E-state index < -0.39 is 12.1 Å². The molecular formula is C44H76ClN16O5+. The molecule has 0 bridgehead atoms. The summed E-state index contributed by atoms with van der Waals surface area (Å²) in [4.78, 5) is 51.1. The number of anilines is 3. The fourth-order valence-corrected chi connectivity index (χ4v) is 7.84. The van der Waals surface area contributed by atoms with E-state index in [1.807, 2.05) is 22.2 Å². The monoisotopic (exact) mass is 944 g/mol. The van der Waals surface area contributed by atoms with E-state index in [2.05, 4.69) is 67.0 Å². The van der Waals surface area contributed by atoms with Gasteiger partial charge in [-0.25, -0.2) is 9.36 Å². The molecule has 0 saturated carbocycles. The molecule has 7 N–H and O–H groups in total. The average Bonchev–Trinajstić information content (AvgIpc) is 4.02. The lowest BCUT2D eigenvalue weighted by atomic mass is 10.1. The summed E-state index contributed by atoms with van der Waals surface area (Å²) in [5.74, 6) is 4.04. The number of aryl methyl sites for hydroxylation is 2. The summed E-state index contributed by atoms with van der Waals surface area (Å²) in [6.45, 7) is 13.1. The van der Waals surface area contributed by atoms with Gasteiger partial charge in [-0.05, 0) is 64.2 Å². The van der Waals surface area contributed by atoms with Crippen molar-refractivity contribution in [1.82, 2.24) is 54.7 Å². The van der Waals surface area contributed by atoms with Crippen molar-refractivity contribution in [3.8, 4) is 12.3 Å². The van der Waals surface area contributed by atoms with Crippen LogP contribution in [0.15, 0.2) is 12.4 Å². The van der Waals surface area contributed by atoms with Crippen molar-refractivity contribution in [3.05, 3.63) is 23.8 Å². The van der Waals surface area contributed by atoms with Crippen molar-refractivity contribution in [3.63, 3.8) is 0 Å². The first-order valence-corrected chi connectivity index (χ1v) is 24.0. The van der Waals surface area contributed by atoms with Gasteiger partial charge < -0.3 is 63.0 Å². The maximum atomic E-state index is 14.1. The van der Waals surface area contributed by atoms with Gasteiger partial charge in [0.2, 0.25) is 29.7 Å². The Labute approximate surface area is 396 Å². The molecule has 2 saturated heterocycles. The Bertz CT molecular complexity index is 1750. The SMILES string of the molecule is C#CCOCCOCCOCCNc1nc(N2CCN(C(=O)C(CCCC[NH3+])n3cc(CCCC)nn3)CC2)nc(N2CCN(C(=O)C(CCCC[NH3+])n3cc(CCCC)nn3)CC2)n1.[Cl-]. The molecule has 0 aromatic carbocycles. The fourth-order valence-electron chi connectivity index (χ4n) is 7.84. The molecule has 22 heteroatoms. The number of ether oxygens (including phenoxy) is 3. The number of hydrogen-bond donors (Lipinski definition) is 3. The lowest BCUT2D eigenvalue weighted by Crippen LogP contribution is -3.00. The molecular weight excluding hydrogens is 868 g/mol. The van der Waals surface area contributed by atoms with E-state index in [1.165, 1.54) is 0 Å². The van der Waals surface area contributed by atoms with Crippen molar-refractivity contribution >= 4 is 29.7 Å². The first kappa shape index (κ1) is 53.9. The van der Waals surface area contributed by atoms with Crippen molar-refractivity contribution < 1.29 is 47.7 Å². The summed E-state index contributed by atoms with van der Waals surface area (Å²) in [5, 5.41) is 20.9. The minimum absolute atomic E-state index is 0. The Morgan fingerprint density at radius 1 is 0.667 bits per heavy atom. The molecule has 2 atom stereocenters. The number of quaternary nitrogens is 2. The average molecular weight is 945 g/mol. The number of halogens is 1. The minimum atomic E-state index is -0.411. The van der Waals surface area contributed by atoms with Gasteiger partial charge in [-0.2, -0.15) is 15.0 Å². The van der Waals surface area contributed by atoms with E-state index in [4.69, 9.17) is 35.6 Å². The molecule has 21 nitrogen and oxygen atoms in total. The summed E-state index contributed by atoms with van der Waals surface area (Å²) in [6.07, 6.45) is 20.0. The highest BCUT2D eigenvalue weighted by Crippen LogP contribution is 2.24. The highest BCUT2D eigenvalue weighted by molar-refractivity contribution is 5.81. The molecule has 2 fully saturated rings. The van der Waals surface area contributed by atoms with Crippen LogP contribution in [0.1, 0.15) is 102 Å². The van der Waals surface area contributed by atoms with Crippen LogP contribution >= 0.6 is 0 Å². The number of hydrogen-bond acceptors (Lipinski definition) is 15. The van der Waals surface area contributed by atoms with Gasteiger partial charge in [0.15, 0.2) is 0 Å². The van der Waals surface area contributed by atoms with Crippen LogP contribution in [-0.2, 0) is 36.6 Å². The number of piperazine rings is 2. The predicted octanol–water partition coefficient (Wildman–Crippen LogP) is -2.56. The molecule has 3 aromatic heterocycles. The third-order valence-corrected chi connectivity index (χ3v) is 11.7. The summed E-state index contributed by atoms with van der Waals surface area (Å²) >= 11 is 0. The molecule has 5 rings (SSSR count). The van der Waals surface area contributed by atoms with Crippen LogP contribution in [0.2, 0.25) is 0 Å². The molecule has 0 aliphatic carbocycles. The number of rotatable bonds is 31. The standard InChI is InChI=1S/C44H74N16O5.ClH/c1-4-7-13-36-34-59(53-51-36)38(15-9-11-17-45)40(61)55-20-24-57(25-21-55)43-48-42(47-19-29-64-31-33-65-32-30-63-28-6-3)49-44(50-43)58-26-22-56(23-27-58)41(62)39(16-10-12-18-46)60-35-37(52-54-60)14-8-5-2;/h3,34-35,38-39H,4-5,7-33,45-46H2,1-2H3,(H,47,48,49,50);1H/p+1. The van der Waals surface area contributed by atoms with Gasteiger partial charge in [-0.15, -0.1) is 16.6 Å². The van der Waals surface area contributed by atoms with Crippen LogP contribution in [0.4, 0.5) is 17.8 Å². The third kappa shape index (κ3) is 17.2. The van der Waals surface area contributed by atoms with E-state index in [9.17, 15) is 9.59 Å². The van der Waals surface area contributed by atoms with Gasteiger partial charge in [-0.3, -0.25) is 9.59 Å². The first-order chi connectivity index (χ1) is 31.9. The maximum Gasteiger partial charge on any atom is 0.247 e. The molecule has 2 aliphatic rings. The normalized spacial score (nSPS) is 15.1. The fraction of sp³-hybridized carbons (Fsp3) is 0.750. The minimum Gasteiger partial charge on any atom is -1.00 e. The van der Waals surface area contributed by atoms with Crippen LogP contribution in [0, 0.1) is 12.3 Å². The Kier molecular flexibility index (Phi) is 24.9.